The van der Waals surface area contributed by atoms with E-state index in [9.17, 15) is 20.0 Å². The number of rotatable bonds is 3. The number of aromatic hydroxyl groups is 1. The Bertz CT molecular complexity index is 1250. The molecule has 1 aliphatic heterocycles. The van der Waals surface area contributed by atoms with E-state index in [4.69, 9.17) is 0 Å². The monoisotopic (exact) mass is 446 g/mol. The van der Waals surface area contributed by atoms with Crippen LogP contribution in [0.1, 0.15) is 56.7 Å². The molecule has 0 radical (unpaired) electrons. The van der Waals surface area contributed by atoms with E-state index in [1.807, 2.05) is 24.3 Å². The second kappa shape index (κ2) is 9.86. The molecule has 0 spiro atoms. The summed E-state index contributed by atoms with van der Waals surface area (Å²) < 4.78 is 0. The van der Waals surface area contributed by atoms with Crippen molar-refractivity contribution in [1.29, 1.82) is 0 Å². The maximum atomic E-state index is 13.3. The normalized spacial score (nSPS) is 15.1. The highest BCUT2D eigenvalue weighted by Gasteiger charge is 2.33. The van der Waals surface area contributed by atoms with Gasteiger partial charge in [0.2, 0.25) is 0 Å². The van der Waals surface area contributed by atoms with E-state index >= 15 is 0 Å². The molecule has 0 aliphatic carbocycles. The summed E-state index contributed by atoms with van der Waals surface area (Å²) in [4.78, 5) is 25.7. The van der Waals surface area contributed by atoms with Crippen LogP contribution in [0, 0.1) is 17.0 Å². The summed E-state index contributed by atoms with van der Waals surface area (Å²) in [6.45, 7) is 10.2. The van der Waals surface area contributed by atoms with Crippen LogP contribution < -0.4 is 4.90 Å². The molecule has 0 saturated heterocycles. The number of fused-ring (bicyclic) bond motifs is 3. The van der Waals surface area contributed by atoms with Gasteiger partial charge in [-0.3, -0.25) is 14.9 Å². The maximum Gasteiger partial charge on any atom is 0.272 e. The molecule has 1 atom stereocenters. The number of hydrogen-bond donors (Lipinski definition) is 1. The maximum absolute atomic E-state index is 13.3. The molecule has 0 saturated carbocycles. The number of benzene rings is 3. The Morgan fingerprint density at radius 1 is 1.18 bits per heavy atom. The van der Waals surface area contributed by atoms with E-state index in [-0.39, 0.29) is 23.3 Å². The van der Waals surface area contributed by atoms with Crippen LogP contribution in [0.15, 0.2) is 54.1 Å². The van der Waals surface area contributed by atoms with Gasteiger partial charge in [0.15, 0.2) is 0 Å². The van der Waals surface area contributed by atoms with Crippen molar-refractivity contribution in [1.82, 2.24) is 0 Å². The molecular weight excluding hydrogens is 416 g/mol. The summed E-state index contributed by atoms with van der Waals surface area (Å²) in [5.41, 5.74) is 3.44. The van der Waals surface area contributed by atoms with E-state index < -0.39 is 4.92 Å². The standard InChI is InChI=1S/C24H22N2O4.C3H8/c1-14(11-17-7-6-10-20(16(17)3)26(29)30)24(28)25-13-15(2)23-19-9-5-4-8-18(19)22(27)12-21(23)25;1-3-2/h4-12,15,27H,13H2,1-3H3;3H2,1-2H3/b14-11+;/t15-;/m1./s1. The number of amides is 1. The van der Waals surface area contributed by atoms with Gasteiger partial charge in [-0.25, -0.2) is 0 Å². The van der Waals surface area contributed by atoms with Crippen LogP contribution in [0.2, 0.25) is 0 Å². The summed E-state index contributed by atoms with van der Waals surface area (Å²) in [6, 6.07) is 14.1. The topological polar surface area (TPSA) is 83.7 Å². The molecular formula is C27H30N2O4. The van der Waals surface area contributed by atoms with E-state index in [1.54, 1.807) is 43.0 Å². The largest absolute Gasteiger partial charge is 0.507 e. The lowest BCUT2D eigenvalue weighted by Crippen LogP contribution is -2.30. The fraction of sp³-hybridized carbons (Fsp3) is 0.296. The number of carbonyl (C=O) groups excluding carboxylic acids is 1. The van der Waals surface area contributed by atoms with Crippen molar-refractivity contribution in [2.45, 2.75) is 47.0 Å². The molecule has 1 aliphatic rings. The summed E-state index contributed by atoms with van der Waals surface area (Å²) >= 11 is 0. The van der Waals surface area contributed by atoms with Crippen molar-refractivity contribution in [2.24, 2.45) is 0 Å². The molecule has 1 N–H and O–H groups in total. The van der Waals surface area contributed by atoms with Gasteiger partial charge in [-0.05, 0) is 36.4 Å². The zero-order valence-corrected chi connectivity index (χ0v) is 19.8. The Hall–Kier alpha value is -3.67. The van der Waals surface area contributed by atoms with E-state index in [2.05, 4.69) is 20.8 Å². The van der Waals surface area contributed by atoms with Crippen LogP contribution in [0.25, 0.3) is 16.8 Å². The number of nitro groups is 1. The average molecular weight is 447 g/mol. The highest BCUT2D eigenvalue weighted by atomic mass is 16.6. The second-order valence-corrected chi connectivity index (χ2v) is 8.47. The molecule has 172 valence electrons. The predicted octanol–water partition coefficient (Wildman–Crippen LogP) is 6.73. The number of nitro benzene ring substituents is 1. The molecule has 33 heavy (non-hydrogen) atoms. The Kier molecular flexibility index (Phi) is 7.16. The van der Waals surface area contributed by atoms with Crippen LogP contribution in [-0.4, -0.2) is 22.5 Å². The van der Waals surface area contributed by atoms with Gasteiger partial charge in [0.25, 0.3) is 11.6 Å². The molecule has 3 aromatic carbocycles. The Morgan fingerprint density at radius 2 is 1.82 bits per heavy atom. The lowest BCUT2D eigenvalue weighted by atomic mass is 9.95. The van der Waals surface area contributed by atoms with Crippen molar-refractivity contribution in [3.8, 4) is 5.75 Å². The average Bonchev–Trinajstić information content (AvgIpc) is 3.11. The van der Waals surface area contributed by atoms with Crippen molar-refractivity contribution in [3.63, 3.8) is 0 Å². The molecule has 1 amide bonds. The lowest BCUT2D eigenvalue weighted by molar-refractivity contribution is -0.385. The third-order valence-corrected chi connectivity index (χ3v) is 5.78. The molecule has 1 heterocycles. The molecule has 0 fully saturated rings. The number of nitrogens with zero attached hydrogens (tertiary/aromatic N) is 2. The first kappa shape index (κ1) is 24.0. The summed E-state index contributed by atoms with van der Waals surface area (Å²) in [6.07, 6.45) is 2.94. The van der Waals surface area contributed by atoms with Gasteiger partial charge in [-0.2, -0.15) is 0 Å². The number of anilines is 1. The van der Waals surface area contributed by atoms with Crippen molar-refractivity contribution >= 4 is 34.1 Å². The highest BCUT2D eigenvalue weighted by molar-refractivity contribution is 6.11. The minimum Gasteiger partial charge on any atom is -0.507 e. The van der Waals surface area contributed by atoms with E-state index in [1.165, 1.54) is 12.5 Å². The SMILES string of the molecule is C/C(=C\c1cccc([N+](=O)[O-])c1C)C(=O)N1C[C@@H](C)c2c1cc(O)c1ccccc21.CCC. The molecule has 6 nitrogen and oxygen atoms in total. The van der Waals surface area contributed by atoms with Gasteiger partial charge in [0.05, 0.1) is 10.6 Å². The quantitative estimate of drug-likeness (QED) is 0.275. The van der Waals surface area contributed by atoms with Gasteiger partial charge in [-0.1, -0.05) is 63.6 Å². The predicted molar refractivity (Wildman–Crippen MR) is 134 cm³/mol. The van der Waals surface area contributed by atoms with E-state index in [0.717, 1.165) is 16.3 Å². The van der Waals surface area contributed by atoms with Gasteiger partial charge in [0.1, 0.15) is 5.75 Å². The van der Waals surface area contributed by atoms with E-state index in [0.29, 0.717) is 28.9 Å². The molecule has 4 rings (SSSR count). The highest BCUT2D eigenvalue weighted by Crippen LogP contribution is 2.45. The first-order chi connectivity index (χ1) is 15.7. The van der Waals surface area contributed by atoms with Crippen LogP contribution >= 0.6 is 0 Å². The molecule has 0 unspecified atom stereocenters. The third-order valence-electron chi connectivity index (χ3n) is 5.78. The number of hydrogen-bond acceptors (Lipinski definition) is 4. The van der Waals surface area contributed by atoms with Crippen LogP contribution in [0.3, 0.4) is 0 Å². The Morgan fingerprint density at radius 3 is 2.45 bits per heavy atom. The third kappa shape index (κ3) is 4.60. The smallest absolute Gasteiger partial charge is 0.272 e. The number of phenolic OH excluding ortho intramolecular Hbond substituents is 1. The molecule has 0 aromatic heterocycles. The van der Waals surface area contributed by atoms with Gasteiger partial charge < -0.3 is 10.0 Å². The Labute approximate surface area is 194 Å². The molecule has 0 bridgehead atoms. The van der Waals surface area contributed by atoms with Crippen molar-refractivity contribution in [2.75, 3.05) is 11.4 Å². The first-order valence-electron chi connectivity index (χ1n) is 11.2. The minimum atomic E-state index is -0.421. The fourth-order valence-electron chi connectivity index (χ4n) is 4.26. The summed E-state index contributed by atoms with van der Waals surface area (Å²) in [5.74, 6) is 0.0930. The second-order valence-electron chi connectivity index (χ2n) is 8.47. The zero-order chi connectivity index (χ0) is 24.3. The van der Waals surface area contributed by atoms with Crippen LogP contribution in [0.5, 0.6) is 5.75 Å². The lowest BCUT2D eigenvalue weighted by Gasteiger charge is -2.19. The van der Waals surface area contributed by atoms with Crippen LogP contribution in [-0.2, 0) is 4.79 Å². The van der Waals surface area contributed by atoms with Gasteiger partial charge in [-0.15, -0.1) is 0 Å². The first-order valence-corrected chi connectivity index (χ1v) is 11.2. The van der Waals surface area contributed by atoms with Gasteiger partial charge in [0, 0.05) is 41.1 Å². The van der Waals surface area contributed by atoms with Crippen molar-refractivity contribution in [3.05, 3.63) is 80.9 Å². The number of carbonyl (C=O) groups is 1. The number of phenols is 1. The zero-order valence-electron chi connectivity index (χ0n) is 19.8. The van der Waals surface area contributed by atoms with Crippen molar-refractivity contribution < 1.29 is 14.8 Å². The summed E-state index contributed by atoms with van der Waals surface area (Å²) in [5, 5.41) is 23.4. The fourth-order valence-corrected chi connectivity index (χ4v) is 4.26. The Balaban J connectivity index is 0.000000968. The molecule has 3 aromatic rings. The van der Waals surface area contributed by atoms with Gasteiger partial charge >= 0.3 is 0 Å². The summed E-state index contributed by atoms with van der Waals surface area (Å²) in [7, 11) is 0. The minimum absolute atomic E-state index is 0.0283. The molecule has 6 heteroatoms. The van der Waals surface area contributed by atoms with Crippen LogP contribution in [0.4, 0.5) is 11.4 Å².